The fourth-order valence-corrected chi connectivity index (χ4v) is 4.31. The summed E-state index contributed by atoms with van der Waals surface area (Å²) in [6.45, 7) is 3.99. The Morgan fingerprint density at radius 1 is 0.756 bits per heavy atom. The number of hydrogen-bond donors (Lipinski definition) is 2. The molecule has 45 heavy (non-hydrogen) atoms. The third kappa shape index (κ3) is 7.96. The minimum Gasteiger partial charge on any atom is -0.493 e. The van der Waals surface area contributed by atoms with Gasteiger partial charge in [0.15, 0.2) is 23.0 Å². The van der Waals surface area contributed by atoms with E-state index in [9.17, 15) is 14.4 Å². The van der Waals surface area contributed by atoms with E-state index in [2.05, 4.69) is 15.8 Å². The second-order valence-electron chi connectivity index (χ2n) is 9.51. The van der Waals surface area contributed by atoms with E-state index in [1.165, 1.54) is 39.7 Å². The van der Waals surface area contributed by atoms with Crippen LogP contribution in [0.15, 0.2) is 84.0 Å². The third-order valence-corrected chi connectivity index (χ3v) is 6.45. The van der Waals surface area contributed by atoms with Gasteiger partial charge in [-0.2, -0.15) is 5.10 Å². The molecule has 0 fully saturated rings. The van der Waals surface area contributed by atoms with Crippen molar-refractivity contribution >= 4 is 29.7 Å². The highest BCUT2D eigenvalue weighted by molar-refractivity contribution is 6.09. The van der Waals surface area contributed by atoms with Crippen LogP contribution in [0.1, 0.15) is 49.1 Å². The van der Waals surface area contributed by atoms with Crippen molar-refractivity contribution in [1.82, 2.24) is 5.43 Å². The number of rotatable bonds is 12. The Balaban J connectivity index is 1.47. The number of anilines is 1. The number of aryl methyl sites for hydroxylation is 1. The number of para-hydroxylation sites is 1. The lowest BCUT2D eigenvalue weighted by Crippen LogP contribution is -2.21. The Morgan fingerprint density at radius 2 is 1.49 bits per heavy atom. The summed E-state index contributed by atoms with van der Waals surface area (Å²) in [6.07, 6.45) is 1.42. The van der Waals surface area contributed by atoms with E-state index in [1.807, 2.05) is 13.0 Å². The van der Waals surface area contributed by atoms with Crippen LogP contribution in [0.5, 0.6) is 28.7 Å². The number of nitrogens with one attached hydrogen (secondary N) is 2. The molecule has 0 aliphatic heterocycles. The molecule has 0 saturated carbocycles. The van der Waals surface area contributed by atoms with Gasteiger partial charge < -0.3 is 29.0 Å². The van der Waals surface area contributed by atoms with E-state index in [0.717, 1.165) is 5.56 Å². The number of nitrogens with zero attached hydrogens (tertiary/aromatic N) is 1. The lowest BCUT2D eigenvalue weighted by molar-refractivity contribution is 0.0727. The lowest BCUT2D eigenvalue weighted by Gasteiger charge is -2.15. The molecular formula is C34H33N3O8. The maximum absolute atomic E-state index is 13.0. The molecule has 4 aromatic carbocycles. The van der Waals surface area contributed by atoms with Crippen molar-refractivity contribution in [2.45, 2.75) is 13.8 Å². The van der Waals surface area contributed by atoms with Gasteiger partial charge in [-0.25, -0.2) is 10.2 Å². The number of carbonyl (C=O) groups excluding carboxylic acids is 3. The van der Waals surface area contributed by atoms with Gasteiger partial charge in [0.05, 0.1) is 51.0 Å². The number of methoxy groups -OCH3 is 3. The first kappa shape index (κ1) is 32.1. The van der Waals surface area contributed by atoms with Gasteiger partial charge in [0.25, 0.3) is 11.8 Å². The van der Waals surface area contributed by atoms with Gasteiger partial charge in [0, 0.05) is 5.56 Å². The second kappa shape index (κ2) is 15.1. The number of carbonyl (C=O) groups is 3. The van der Waals surface area contributed by atoms with Gasteiger partial charge in [-0.3, -0.25) is 9.59 Å². The first-order chi connectivity index (χ1) is 21.8. The number of hydrazone groups is 1. The summed E-state index contributed by atoms with van der Waals surface area (Å²) < 4.78 is 27.3. The van der Waals surface area contributed by atoms with Gasteiger partial charge in [-0.15, -0.1) is 0 Å². The molecule has 0 radical (unpaired) electrons. The molecule has 2 N–H and O–H groups in total. The molecule has 4 aromatic rings. The first-order valence-electron chi connectivity index (χ1n) is 13.9. The molecule has 0 saturated heterocycles. The molecule has 0 spiro atoms. The minimum absolute atomic E-state index is 0.176. The summed E-state index contributed by atoms with van der Waals surface area (Å²) >= 11 is 0. The minimum atomic E-state index is -0.669. The average molecular weight is 612 g/mol. The van der Waals surface area contributed by atoms with Crippen molar-refractivity contribution in [1.29, 1.82) is 0 Å². The molecule has 0 atom stereocenters. The van der Waals surface area contributed by atoms with Crippen molar-refractivity contribution in [3.05, 3.63) is 107 Å². The molecule has 11 heteroatoms. The maximum Gasteiger partial charge on any atom is 0.343 e. The van der Waals surface area contributed by atoms with Crippen molar-refractivity contribution in [2.24, 2.45) is 5.10 Å². The van der Waals surface area contributed by atoms with Crippen LogP contribution in [-0.4, -0.2) is 51.9 Å². The number of esters is 1. The largest absolute Gasteiger partial charge is 0.493 e. The summed E-state index contributed by atoms with van der Waals surface area (Å²) in [5.74, 6) is -0.107. The monoisotopic (exact) mass is 611 g/mol. The maximum atomic E-state index is 13.0. The molecule has 0 heterocycles. The van der Waals surface area contributed by atoms with Crippen LogP contribution in [0.25, 0.3) is 0 Å². The molecule has 11 nitrogen and oxygen atoms in total. The average Bonchev–Trinajstić information content (AvgIpc) is 3.05. The standard InChI is InChI=1S/C34H33N3O8/c1-6-44-28-17-22(14-15-27(28)45-34(40)24-18-29(41-3)31(43-5)30(19-24)42-4)20-35-37-33(39)25-12-7-8-13-26(25)36-32(38)23-11-9-10-21(2)16-23/h7-20H,6H2,1-5H3,(H,36,38)(H,37,39)/b35-20-. The van der Waals surface area contributed by atoms with Crippen molar-refractivity contribution in [3.63, 3.8) is 0 Å². The van der Waals surface area contributed by atoms with E-state index in [-0.39, 0.29) is 28.5 Å². The highest BCUT2D eigenvalue weighted by atomic mass is 16.6. The smallest absolute Gasteiger partial charge is 0.343 e. The lowest BCUT2D eigenvalue weighted by atomic mass is 10.1. The predicted molar refractivity (Wildman–Crippen MR) is 169 cm³/mol. The van der Waals surface area contributed by atoms with Crippen LogP contribution < -0.4 is 34.4 Å². The van der Waals surface area contributed by atoms with Gasteiger partial charge in [-0.05, 0) is 74.0 Å². The van der Waals surface area contributed by atoms with Crippen molar-refractivity contribution < 1.29 is 38.1 Å². The molecule has 0 aliphatic carbocycles. The summed E-state index contributed by atoms with van der Waals surface area (Å²) in [5, 5.41) is 6.85. The van der Waals surface area contributed by atoms with Crippen molar-refractivity contribution in [2.75, 3.05) is 33.3 Å². The molecule has 4 rings (SSSR count). The Morgan fingerprint density at radius 3 is 2.16 bits per heavy atom. The zero-order chi connectivity index (χ0) is 32.3. The van der Waals surface area contributed by atoms with E-state index in [1.54, 1.807) is 67.6 Å². The van der Waals surface area contributed by atoms with Crippen LogP contribution in [0, 0.1) is 6.92 Å². The van der Waals surface area contributed by atoms with E-state index < -0.39 is 11.9 Å². The van der Waals surface area contributed by atoms with E-state index >= 15 is 0 Å². The second-order valence-corrected chi connectivity index (χ2v) is 9.51. The van der Waals surface area contributed by atoms with Gasteiger partial charge in [0.2, 0.25) is 5.75 Å². The van der Waals surface area contributed by atoms with E-state index in [0.29, 0.717) is 40.7 Å². The third-order valence-electron chi connectivity index (χ3n) is 6.45. The molecule has 232 valence electrons. The molecule has 0 aliphatic rings. The SMILES string of the molecule is CCOc1cc(/C=N\NC(=O)c2ccccc2NC(=O)c2cccc(C)c2)ccc1OC(=O)c1cc(OC)c(OC)c(OC)c1. The zero-order valence-electron chi connectivity index (χ0n) is 25.5. The summed E-state index contributed by atoms with van der Waals surface area (Å²) in [6, 6.07) is 21.6. The Hall–Kier alpha value is -5.84. The van der Waals surface area contributed by atoms with E-state index in [4.69, 9.17) is 23.7 Å². The highest BCUT2D eigenvalue weighted by Crippen LogP contribution is 2.39. The van der Waals surface area contributed by atoms with Crippen LogP contribution >= 0.6 is 0 Å². The quantitative estimate of drug-likeness (QED) is 0.0908. The Kier molecular flexibility index (Phi) is 10.7. The van der Waals surface area contributed by atoms with Crippen LogP contribution in [0.2, 0.25) is 0 Å². The Labute approximate surface area is 260 Å². The molecule has 2 amide bonds. The molecule has 0 unspecified atom stereocenters. The molecular weight excluding hydrogens is 578 g/mol. The zero-order valence-corrected chi connectivity index (χ0v) is 25.5. The van der Waals surface area contributed by atoms with Gasteiger partial charge in [-0.1, -0.05) is 29.8 Å². The fourth-order valence-electron chi connectivity index (χ4n) is 4.31. The first-order valence-corrected chi connectivity index (χ1v) is 13.9. The number of hydrogen-bond acceptors (Lipinski definition) is 9. The normalized spacial score (nSPS) is 10.6. The molecule has 0 aromatic heterocycles. The fraction of sp³-hybridized carbons (Fsp3) is 0.176. The highest BCUT2D eigenvalue weighted by Gasteiger charge is 2.20. The van der Waals surface area contributed by atoms with Crippen molar-refractivity contribution in [3.8, 4) is 28.7 Å². The number of benzene rings is 4. The summed E-state index contributed by atoms with van der Waals surface area (Å²) in [4.78, 5) is 38.7. The number of ether oxygens (including phenoxy) is 5. The molecule has 0 bridgehead atoms. The summed E-state index contributed by atoms with van der Waals surface area (Å²) in [5.41, 5.74) is 5.22. The van der Waals surface area contributed by atoms with Crippen LogP contribution in [-0.2, 0) is 0 Å². The predicted octanol–water partition coefficient (Wildman–Crippen LogP) is 5.65. The van der Waals surface area contributed by atoms with Gasteiger partial charge in [0.1, 0.15) is 0 Å². The van der Waals surface area contributed by atoms with Crippen LogP contribution in [0.3, 0.4) is 0 Å². The number of amides is 2. The Bertz CT molecular complexity index is 1710. The van der Waals surface area contributed by atoms with Crippen LogP contribution in [0.4, 0.5) is 5.69 Å². The topological polar surface area (TPSA) is 134 Å². The van der Waals surface area contributed by atoms with Gasteiger partial charge >= 0.3 is 5.97 Å². The summed E-state index contributed by atoms with van der Waals surface area (Å²) in [7, 11) is 4.37.